The van der Waals surface area contributed by atoms with Gasteiger partial charge in [0, 0.05) is 22.4 Å². The van der Waals surface area contributed by atoms with Crippen LogP contribution in [0.25, 0.3) is 0 Å². The second-order valence-corrected chi connectivity index (χ2v) is 11.1. The third-order valence-electron chi connectivity index (χ3n) is 6.27. The fraction of sp³-hybridized carbons (Fsp3) is 0.259. The molecule has 1 spiro atoms. The molecule has 7 heteroatoms. The number of carbonyl (C=O) groups excluding carboxylic acids is 2. The lowest BCUT2D eigenvalue weighted by molar-refractivity contribution is -0.123. The van der Waals surface area contributed by atoms with E-state index >= 15 is 0 Å². The van der Waals surface area contributed by atoms with Gasteiger partial charge < -0.3 is 14.5 Å². The van der Waals surface area contributed by atoms with E-state index in [4.69, 9.17) is 4.74 Å². The molecule has 174 valence electrons. The van der Waals surface area contributed by atoms with E-state index in [1.807, 2.05) is 24.3 Å². The van der Waals surface area contributed by atoms with Crippen LogP contribution in [0.2, 0.25) is 0 Å². The normalized spacial score (nSPS) is 20.6. The Kier molecular flexibility index (Phi) is 5.40. The number of thioether (sulfide) groups is 1. The van der Waals surface area contributed by atoms with Crippen LogP contribution in [0, 0.1) is 5.82 Å². The Morgan fingerprint density at radius 2 is 1.71 bits per heavy atom. The number of ether oxygens (including phenoxy) is 1. The number of benzene rings is 3. The minimum absolute atomic E-state index is 0.157. The molecule has 5 nitrogen and oxygen atoms in total. The number of fused-ring (bicyclic) bond motifs is 2. The van der Waals surface area contributed by atoms with Gasteiger partial charge >= 0.3 is 0 Å². The van der Waals surface area contributed by atoms with E-state index in [1.165, 1.54) is 23.9 Å². The molecule has 2 aliphatic heterocycles. The highest BCUT2D eigenvalue weighted by molar-refractivity contribution is 8.02. The van der Waals surface area contributed by atoms with Gasteiger partial charge in [-0.2, -0.15) is 0 Å². The van der Waals surface area contributed by atoms with E-state index in [0.717, 1.165) is 16.8 Å². The second-order valence-electron chi connectivity index (χ2n) is 9.16. The van der Waals surface area contributed by atoms with Crippen LogP contribution in [-0.4, -0.2) is 35.1 Å². The first kappa shape index (κ1) is 22.5. The molecule has 3 aromatic rings. The Morgan fingerprint density at radius 3 is 2.38 bits per heavy atom. The monoisotopic (exact) mass is 476 g/mol. The van der Waals surface area contributed by atoms with Gasteiger partial charge in [0.05, 0.1) is 19.3 Å². The van der Waals surface area contributed by atoms with Gasteiger partial charge in [0.1, 0.15) is 11.6 Å². The zero-order valence-corrected chi connectivity index (χ0v) is 20.1. The first-order chi connectivity index (χ1) is 16.2. The summed E-state index contributed by atoms with van der Waals surface area (Å²) in [5.74, 6) is -0.0177. The Hall–Kier alpha value is -3.32. The third kappa shape index (κ3) is 3.55. The summed E-state index contributed by atoms with van der Waals surface area (Å²) in [6, 6.07) is 20.7. The van der Waals surface area contributed by atoms with E-state index in [0.29, 0.717) is 24.4 Å². The molecule has 0 unspecified atom stereocenters. The summed E-state index contributed by atoms with van der Waals surface area (Å²) < 4.78 is 18.3. The number of hydrogen-bond acceptors (Lipinski definition) is 4. The third-order valence-corrected chi connectivity index (χ3v) is 7.87. The summed E-state index contributed by atoms with van der Waals surface area (Å²) in [6.07, 6.45) is 0. The Bertz CT molecular complexity index is 1260. The molecule has 1 saturated heterocycles. The SMILES string of the molecule is COc1ccc(C(=O)N2CC(C)(C)S[C@]23C(=O)N(Cc2ccc(F)cc2)c2ccccc23)cc1. The molecule has 2 heterocycles. The number of amides is 2. The van der Waals surface area contributed by atoms with E-state index in [1.54, 1.807) is 53.3 Å². The number of halogens is 1. The molecule has 2 amide bonds. The summed E-state index contributed by atoms with van der Waals surface area (Å²) in [6.45, 7) is 4.83. The lowest BCUT2D eigenvalue weighted by Gasteiger charge is -2.33. The van der Waals surface area contributed by atoms with E-state index in [9.17, 15) is 14.0 Å². The molecule has 0 radical (unpaired) electrons. The highest BCUT2D eigenvalue weighted by atomic mass is 32.2. The molecule has 0 aromatic heterocycles. The minimum Gasteiger partial charge on any atom is -0.497 e. The maximum Gasteiger partial charge on any atom is 0.268 e. The van der Waals surface area contributed by atoms with Crippen molar-refractivity contribution < 1.29 is 18.7 Å². The zero-order chi connectivity index (χ0) is 24.1. The van der Waals surface area contributed by atoms with Crippen molar-refractivity contribution in [1.82, 2.24) is 4.90 Å². The van der Waals surface area contributed by atoms with E-state index in [-0.39, 0.29) is 22.4 Å². The van der Waals surface area contributed by atoms with Gasteiger partial charge in [0.25, 0.3) is 11.8 Å². The van der Waals surface area contributed by atoms with Crippen LogP contribution in [0.5, 0.6) is 5.75 Å². The standard InChI is InChI=1S/C27H25FN2O3S/c1-26(2)17-30(24(31)19-10-14-21(33-3)15-11-19)27(34-26)22-6-4-5-7-23(22)29(25(27)32)16-18-8-12-20(28)13-9-18/h4-15H,16-17H2,1-3H3/t27-/m1/s1. The summed E-state index contributed by atoms with van der Waals surface area (Å²) >= 11 is 1.51. The Morgan fingerprint density at radius 1 is 1.03 bits per heavy atom. The molecule has 5 rings (SSSR count). The van der Waals surface area contributed by atoms with Gasteiger partial charge in [0.15, 0.2) is 4.87 Å². The zero-order valence-electron chi connectivity index (χ0n) is 19.2. The van der Waals surface area contributed by atoms with Gasteiger partial charge in [0.2, 0.25) is 0 Å². The molecule has 3 aromatic carbocycles. The molecule has 0 N–H and O–H groups in total. The van der Waals surface area contributed by atoms with Gasteiger partial charge in [-0.25, -0.2) is 4.39 Å². The average Bonchev–Trinajstić information content (AvgIpc) is 3.26. The fourth-order valence-electron chi connectivity index (χ4n) is 4.78. The Labute approximate surface area is 202 Å². The maximum absolute atomic E-state index is 14.2. The number of carbonyl (C=O) groups is 2. The topological polar surface area (TPSA) is 49.9 Å². The van der Waals surface area contributed by atoms with Crippen LogP contribution in [0.1, 0.15) is 35.3 Å². The smallest absolute Gasteiger partial charge is 0.268 e. The quantitative estimate of drug-likeness (QED) is 0.519. The maximum atomic E-state index is 14.2. The number of hydrogen-bond donors (Lipinski definition) is 0. The lowest BCUT2D eigenvalue weighted by atomic mass is 10.0. The highest BCUT2D eigenvalue weighted by Crippen LogP contribution is 2.60. The number of para-hydroxylation sites is 1. The van der Waals surface area contributed by atoms with Crippen molar-refractivity contribution in [3.05, 3.63) is 95.3 Å². The van der Waals surface area contributed by atoms with Crippen LogP contribution >= 0.6 is 11.8 Å². The number of nitrogens with zero attached hydrogens (tertiary/aromatic N) is 2. The average molecular weight is 477 g/mol. The number of rotatable bonds is 4. The first-order valence-corrected chi connectivity index (χ1v) is 11.9. The predicted octanol–water partition coefficient (Wildman–Crippen LogP) is 5.20. The molecular weight excluding hydrogens is 451 g/mol. The van der Waals surface area contributed by atoms with Crippen molar-refractivity contribution in [1.29, 1.82) is 0 Å². The van der Waals surface area contributed by atoms with Crippen LogP contribution in [0.15, 0.2) is 72.8 Å². The largest absolute Gasteiger partial charge is 0.497 e. The summed E-state index contributed by atoms with van der Waals surface area (Å²) in [5.41, 5.74) is 2.90. The van der Waals surface area contributed by atoms with Crippen LogP contribution in [-0.2, 0) is 16.2 Å². The molecule has 0 aliphatic carbocycles. The van der Waals surface area contributed by atoms with Crippen molar-refractivity contribution in [3.63, 3.8) is 0 Å². The van der Waals surface area contributed by atoms with E-state index in [2.05, 4.69) is 13.8 Å². The molecule has 34 heavy (non-hydrogen) atoms. The molecule has 2 aliphatic rings. The fourth-order valence-corrected chi connectivity index (χ4v) is 6.51. The van der Waals surface area contributed by atoms with Crippen LogP contribution in [0.3, 0.4) is 0 Å². The van der Waals surface area contributed by atoms with Crippen LogP contribution < -0.4 is 9.64 Å². The van der Waals surface area contributed by atoms with Gasteiger partial charge in [-0.1, -0.05) is 30.3 Å². The van der Waals surface area contributed by atoms with Crippen LogP contribution in [0.4, 0.5) is 10.1 Å². The van der Waals surface area contributed by atoms with Crippen molar-refractivity contribution >= 4 is 29.3 Å². The Balaban J connectivity index is 1.59. The lowest BCUT2D eigenvalue weighted by Crippen LogP contribution is -2.50. The number of anilines is 1. The molecule has 1 fully saturated rings. The van der Waals surface area contributed by atoms with Gasteiger partial charge in [-0.15, -0.1) is 11.8 Å². The summed E-state index contributed by atoms with van der Waals surface area (Å²) in [4.78, 5) is 30.3. The molecule has 0 saturated carbocycles. The van der Waals surface area contributed by atoms with E-state index < -0.39 is 4.87 Å². The first-order valence-electron chi connectivity index (χ1n) is 11.1. The summed E-state index contributed by atoms with van der Waals surface area (Å²) in [5, 5.41) is 0. The number of methoxy groups -OCH3 is 1. The minimum atomic E-state index is -1.17. The van der Waals surface area contributed by atoms with Gasteiger partial charge in [-0.05, 0) is 61.9 Å². The predicted molar refractivity (Wildman–Crippen MR) is 131 cm³/mol. The second kappa shape index (κ2) is 8.17. The highest BCUT2D eigenvalue weighted by Gasteiger charge is 2.63. The van der Waals surface area contributed by atoms with Gasteiger partial charge in [-0.3, -0.25) is 9.59 Å². The molecular formula is C27H25FN2O3S. The molecule has 0 bridgehead atoms. The summed E-state index contributed by atoms with van der Waals surface area (Å²) in [7, 11) is 1.58. The van der Waals surface area contributed by atoms with Crippen molar-refractivity contribution in [2.24, 2.45) is 0 Å². The van der Waals surface area contributed by atoms with Crippen molar-refractivity contribution in [2.75, 3.05) is 18.6 Å². The molecule has 1 atom stereocenters. The van der Waals surface area contributed by atoms with Crippen molar-refractivity contribution in [2.45, 2.75) is 30.0 Å². The van der Waals surface area contributed by atoms with Crippen molar-refractivity contribution in [3.8, 4) is 5.75 Å².